The Hall–Kier alpha value is -0.610. The first kappa shape index (κ1) is 8.97. The molecule has 0 aromatic carbocycles. The van der Waals surface area contributed by atoms with Crippen LogP contribution in [0.1, 0.15) is 12.1 Å². The number of ether oxygens (including phenoxy) is 1. The first-order valence-corrected chi connectivity index (χ1v) is 5.46. The van der Waals surface area contributed by atoms with E-state index in [1.54, 1.807) is 11.3 Å². The van der Waals surface area contributed by atoms with Crippen LogP contribution in [0.3, 0.4) is 0 Å². The second-order valence-electron chi connectivity index (χ2n) is 3.40. The first-order chi connectivity index (χ1) is 6.34. The standard InChI is InChI=1S/C9H14N2OS/c1-7-6-13-9(11-7)10-4-8-2-3-12-5-8/h6,8H,2-5H2,1H3,(H,10,11). The number of hydrogen-bond acceptors (Lipinski definition) is 4. The summed E-state index contributed by atoms with van der Waals surface area (Å²) in [5.74, 6) is 0.671. The van der Waals surface area contributed by atoms with Crippen molar-refractivity contribution in [3.63, 3.8) is 0 Å². The zero-order valence-corrected chi connectivity index (χ0v) is 8.56. The van der Waals surface area contributed by atoms with Crippen molar-refractivity contribution >= 4 is 16.5 Å². The molecule has 1 aromatic heterocycles. The van der Waals surface area contributed by atoms with E-state index in [0.717, 1.165) is 30.6 Å². The molecule has 1 aliphatic rings. The van der Waals surface area contributed by atoms with Crippen molar-refractivity contribution in [3.8, 4) is 0 Å². The molecule has 1 aliphatic heterocycles. The Balaban J connectivity index is 1.78. The first-order valence-electron chi connectivity index (χ1n) is 4.58. The van der Waals surface area contributed by atoms with E-state index in [2.05, 4.69) is 15.7 Å². The minimum atomic E-state index is 0.671. The Morgan fingerprint density at radius 2 is 2.69 bits per heavy atom. The molecule has 3 nitrogen and oxygen atoms in total. The van der Waals surface area contributed by atoms with E-state index in [9.17, 15) is 0 Å². The third-order valence-corrected chi connectivity index (χ3v) is 3.10. The number of anilines is 1. The van der Waals surface area contributed by atoms with Gasteiger partial charge in [-0.05, 0) is 13.3 Å². The van der Waals surface area contributed by atoms with E-state index in [0.29, 0.717) is 5.92 Å². The van der Waals surface area contributed by atoms with Crippen LogP contribution in [0.4, 0.5) is 5.13 Å². The van der Waals surface area contributed by atoms with Crippen LogP contribution >= 0.6 is 11.3 Å². The number of aryl methyl sites for hydroxylation is 1. The van der Waals surface area contributed by atoms with Crippen LogP contribution in [0.15, 0.2) is 5.38 Å². The average Bonchev–Trinajstić information content (AvgIpc) is 2.71. The van der Waals surface area contributed by atoms with Crippen LogP contribution in [0.2, 0.25) is 0 Å². The van der Waals surface area contributed by atoms with Crippen molar-refractivity contribution in [1.29, 1.82) is 0 Å². The summed E-state index contributed by atoms with van der Waals surface area (Å²) in [6.45, 7) is 4.83. The van der Waals surface area contributed by atoms with Gasteiger partial charge in [0.15, 0.2) is 5.13 Å². The maximum Gasteiger partial charge on any atom is 0.182 e. The predicted molar refractivity (Wildman–Crippen MR) is 54.3 cm³/mol. The van der Waals surface area contributed by atoms with Gasteiger partial charge in [0.1, 0.15) is 0 Å². The Morgan fingerprint density at radius 1 is 1.77 bits per heavy atom. The van der Waals surface area contributed by atoms with E-state index >= 15 is 0 Å². The van der Waals surface area contributed by atoms with Crippen molar-refractivity contribution in [1.82, 2.24) is 4.98 Å². The van der Waals surface area contributed by atoms with Gasteiger partial charge in [-0.3, -0.25) is 0 Å². The third kappa shape index (κ3) is 2.42. The number of aromatic nitrogens is 1. The van der Waals surface area contributed by atoms with Gasteiger partial charge < -0.3 is 10.1 Å². The van der Waals surface area contributed by atoms with Gasteiger partial charge in [-0.2, -0.15) is 0 Å². The highest BCUT2D eigenvalue weighted by Gasteiger charge is 2.15. The number of nitrogens with one attached hydrogen (secondary N) is 1. The monoisotopic (exact) mass is 198 g/mol. The highest BCUT2D eigenvalue weighted by atomic mass is 32.1. The lowest BCUT2D eigenvalue weighted by molar-refractivity contribution is 0.187. The number of thiazole rings is 1. The molecular weight excluding hydrogens is 184 g/mol. The summed E-state index contributed by atoms with van der Waals surface area (Å²) < 4.78 is 5.29. The van der Waals surface area contributed by atoms with Crippen LogP contribution in [-0.2, 0) is 4.74 Å². The summed E-state index contributed by atoms with van der Waals surface area (Å²) in [6, 6.07) is 0. The van der Waals surface area contributed by atoms with E-state index in [1.165, 1.54) is 6.42 Å². The lowest BCUT2D eigenvalue weighted by Gasteiger charge is -2.07. The van der Waals surface area contributed by atoms with Crippen LogP contribution in [0.5, 0.6) is 0 Å². The number of rotatable bonds is 3. The Morgan fingerprint density at radius 3 is 3.31 bits per heavy atom. The molecule has 0 radical (unpaired) electrons. The summed E-state index contributed by atoms with van der Waals surface area (Å²) in [5.41, 5.74) is 1.09. The van der Waals surface area contributed by atoms with Crippen molar-refractivity contribution in [2.45, 2.75) is 13.3 Å². The lowest BCUT2D eigenvalue weighted by Crippen LogP contribution is -2.13. The van der Waals surface area contributed by atoms with E-state index < -0.39 is 0 Å². The molecule has 2 rings (SSSR count). The van der Waals surface area contributed by atoms with E-state index in [4.69, 9.17) is 4.74 Å². The Bertz CT molecular complexity index is 268. The van der Waals surface area contributed by atoms with Gasteiger partial charge in [-0.15, -0.1) is 11.3 Å². The fourth-order valence-electron chi connectivity index (χ4n) is 1.41. The molecular formula is C9H14N2OS. The molecule has 1 fully saturated rings. The van der Waals surface area contributed by atoms with Crippen LogP contribution in [0, 0.1) is 12.8 Å². The van der Waals surface area contributed by atoms with E-state index in [-0.39, 0.29) is 0 Å². The zero-order chi connectivity index (χ0) is 9.10. The maximum absolute atomic E-state index is 5.29. The normalized spacial score (nSPS) is 22.1. The highest BCUT2D eigenvalue weighted by Crippen LogP contribution is 2.17. The molecule has 72 valence electrons. The topological polar surface area (TPSA) is 34.1 Å². The van der Waals surface area contributed by atoms with Crippen molar-refractivity contribution < 1.29 is 4.74 Å². The SMILES string of the molecule is Cc1csc(NCC2CCOC2)n1. The molecule has 0 spiro atoms. The zero-order valence-electron chi connectivity index (χ0n) is 7.75. The molecule has 0 bridgehead atoms. The quantitative estimate of drug-likeness (QED) is 0.805. The molecule has 13 heavy (non-hydrogen) atoms. The number of nitrogens with zero attached hydrogens (tertiary/aromatic N) is 1. The molecule has 0 amide bonds. The molecule has 1 N–H and O–H groups in total. The third-order valence-electron chi connectivity index (χ3n) is 2.18. The fraction of sp³-hybridized carbons (Fsp3) is 0.667. The summed E-state index contributed by atoms with van der Waals surface area (Å²) in [4.78, 5) is 4.34. The predicted octanol–water partition coefficient (Wildman–Crippen LogP) is 1.90. The van der Waals surface area contributed by atoms with Gasteiger partial charge in [-0.25, -0.2) is 4.98 Å². The van der Waals surface area contributed by atoms with Gasteiger partial charge in [-0.1, -0.05) is 0 Å². The van der Waals surface area contributed by atoms with Crippen molar-refractivity contribution in [2.24, 2.45) is 5.92 Å². The largest absolute Gasteiger partial charge is 0.381 e. The van der Waals surface area contributed by atoms with Crippen molar-refractivity contribution in [2.75, 3.05) is 25.1 Å². The van der Waals surface area contributed by atoms with Gasteiger partial charge in [0, 0.05) is 24.4 Å². The van der Waals surface area contributed by atoms with Crippen LogP contribution in [-0.4, -0.2) is 24.7 Å². The molecule has 1 unspecified atom stereocenters. The maximum atomic E-state index is 5.29. The minimum absolute atomic E-state index is 0.671. The van der Waals surface area contributed by atoms with Crippen LogP contribution in [0.25, 0.3) is 0 Å². The Kier molecular flexibility index (Phi) is 2.80. The lowest BCUT2D eigenvalue weighted by atomic mass is 10.1. The molecule has 0 saturated carbocycles. The second-order valence-corrected chi connectivity index (χ2v) is 4.26. The Labute approximate surface area is 82.1 Å². The molecule has 1 aromatic rings. The van der Waals surface area contributed by atoms with Crippen molar-refractivity contribution in [3.05, 3.63) is 11.1 Å². The summed E-state index contributed by atoms with van der Waals surface area (Å²) in [7, 11) is 0. The summed E-state index contributed by atoms with van der Waals surface area (Å²) in [5, 5.41) is 6.43. The van der Waals surface area contributed by atoms with Gasteiger partial charge in [0.05, 0.1) is 12.3 Å². The minimum Gasteiger partial charge on any atom is -0.381 e. The molecule has 1 saturated heterocycles. The number of hydrogen-bond donors (Lipinski definition) is 1. The molecule has 4 heteroatoms. The highest BCUT2D eigenvalue weighted by molar-refractivity contribution is 7.13. The molecule has 0 aliphatic carbocycles. The van der Waals surface area contributed by atoms with Crippen LogP contribution < -0.4 is 5.32 Å². The molecule has 1 atom stereocenters. The fourth-order valence-corrected chi connectivity index (χ4v) is 2.11. The second kappa shape index (κ2) is 4.07. The average molecular weight is 198 g/mol. The summed E-state index contributed by atoms with van der Waals surface area (Å²) >= 11 is 1.67. The van der Waals surface area contributed by atoms with Gasteiger partial charge in [0.2, 0.25) is 0 Å². The summed E-state index contributed by atoms with van der Waals surface area (Å²) in [6.07, 6.45) is 1.18. The van der Waals surface area contributed by atoms with E-state index in [1.807, 2.05) is 6.92 Å². The smallest absolute Gasteiger partial charge is 0.182 e. The molecule has 2 heterocycles. The van der Waals surface area contributed by atoms with Gasteiger partial charge in [0.25, 0.3) is 0 Å². The van der Waals surface area contributed by atoms with Gasteiger partial charge >= 0.3 is 0 Å².